The Morgan fingerprint density at radius 2 is 1.88 bits per heavy atom. The van der Waals surface area contributed by atoms with Gasteiger partial charge < -0.3 is 30.5 Å². The summed E-state index contributed by atoms with van der Waals surface area (Å²) in [7, 11) is 3.76. The molecule has 0 aliphatic carbocycles. The van der Waals surface area contributed by atoms with Crippen molar-refractivity contribution in [2.45, 2.75) is 19.4 Å². The van der Waals surface area contributed by atoms with E-state index in [4.69, 9.17) is 9.72 Å². The minimum atomic E-state index is -0.00729. The lowest BCUT2D eigenvalue weighted by atomic mass is 10.0. The minimum absolute atomic E-state index is 0.00729. The first-order valence-corrected chi connectivity index (χ1v) is 16.5. The predicted molar refractivity (Wildman–Crippen MR) is 175 cm³/mol. The third-order valence-corrected chi connectivity index (χ3v) is 10.2. The van der Waals surface area contributed by atoms with Crippen molar-refractivity contribution in [3.05, 3.63) is 58.5 Å². The maximum Gasteiger partial charge on any atom is 0.253 e. The smallest absolute Gasteiger partial charge is 0.253 e. The number of thiazole rings is 1. The minimum Gasteiger partial charge on any atom is -0.383 e. The molecule has 0 bridgehead atoms. The number of carbonyl (C=O) groups excluding carboxylic acids is 2. The molecule has 11 heteroatoms. The van der Waals surface area contributed by atoms with E-state index >= 15 is 0 Å². The largest absolute Gasteiger partial charge is 0.383 e. The molecule has 0 unspecified atom stereocenters. The Morgan fingerprint density at radius 3 is 2.72 bits per heavy atom. The molecule has 2 aromatic heterocycles. The van der Waals surface area contributed by atoms with Crippen molar-refractivity contribution in [3.63, 3.8) is 0 Å². The summed E-state index contributed by atoms with van der Waals surface area (Å²) in [4.78, 5) is 36.6. The summed E-state index contributed by atoms with van der Waals surface area (Å²) in [6, 6.07) is 14.2. The van der Waals surface area contributed by atoms with Crippen molar-refractivity contribution in [1.82, 2.24) is 25.4 Å². The molecule has 2 aromatic carbocycles. The number of methoxy groups -OCH3 is 1. The first-order chi connectivity index (χ1) is 21.0. The molecule has 1 fully saturated rings. The molecule has 0 spiro atoms. The molecular formula is C32H38N6O3S2. The number of fused-ring (bicyclic) bond motifs is 2. The Morgan fingerprint density at radius 1 is 1.05 bits per heavy atom. The molecule has 9 nitrogen and oxygen atoms in total. The number of aromatic nitrogens is 1. The third-order valence-electron chi connectivity index (χ3n) is 8.03. The van der Waals surface area contributed by atoms with Crippen LogP contribution in [0.2, 0.25) is 0 Å². The summed E-state index contributed by atoms with van der Waals surface area (Å²) in [5, 5.41) is 11.7. The number of likely N-dealkylation sites (N-methyl/N-ethyl adjacent to an activating group) is 1. The van der Waals surface area contributed by atoms with Gasteiger partial charge in [0.2, 0.25) is 5.91 Å². The maximum absolute atomic E-state index is 13.2. The van der Waals surface area contributed by atoms with E-state index in [9.17, 15) is 9.59 Å². The van der Waals surface area contributed by atoms with Crippen LogP contribution in [0.3, 0.4) is 0 Å². The first-order valence-electron chi connectivity index (χ1n) is 14.8. The van der Waals surface area contributed by atoms with Gasteiger partial charge in [0.1, 0.15) is 10.0 Å². The normalized spacial score (nSPS) is 15.5. The first kappa shape index (κ1) is 29.9. The SMILES string of the molecule is COCCNCCC(=O)Nc1sc2c(c1-c1nc3ccc(-c4cccc(C(=O)N5CCN(C)CC5)c4)cc3s1)CCNC2. The highest BCUT2D eigenvalue weighted by atomic mass is 32.1. The Bertz CT molecular complexity index is 1610. The fourth-order valence-electron chi connectivity index (χ4n) is 5.57. The van der Waals surface area contributed by atoms with E-state index in [1.54, 1.807) is 29.8 Å². The number of benzene rings is 2. The topological polar surface area (TPSA) is 98.8 Å². The number of anilines is 1. The van der Waals surface area contributed by atoms with Gasteiger partial charge in [0.15, 0.2) is 0 Å². The number of nitrogens with zero attached hydrogens (tertiary/aromatic N) is 3. The third kappa shape index (κ3) is 6.82. The molecule has 2 amide bonds. The molecule has 0 radical (unpaired) electrons. The van der Waals surface area contributed by atoms with Gasteiger partial charge in [-0.3, -0.25) is 9.59 Å². The van der Waals surface area contributed by atoms with E-state index in [-0.39, 0.29) is 11.8 Å². The van der Waals surface area contributed by atoms with Gasteiger partial charge in [0.05, 0.1) is 16.8 Å². The van der Waals surface area contributed by atoms with Crippen LogP contribution in [0.15, 0.2) is 42.5 Å². The van der Waals surface area contributed by atoms with Crippen LogP contribution in [0, 0.1) is 0 Å². The zero-order valence-electron chi connectivity index (χ0n) is 24.7. The van der Waals surface area contributed by atoms with Gasteiger partial charge in [-0.05, 0) is 61.0 Å². The zero-order valence-corrected chi connectivity index (χ0v) is 26.3. The van der Waals surface area contributed by atoms with Crippen LogP contribution in [-0.4, -0.2) is 93.2 Å². The second-order valence-corrected chi connectivity index (χ2v) is 13.2. The van der Waals surface area contributed by atoms with E-state index in [1.165, 1.54) is 10.4 Å². The maximum atomic E-state index is 13.2. The number of ether oxygens (including phenoxy) is 1. The predicted octanol–water partition coefficient (Wildman–Crippen LogP) is 4.29. The summed E-state index contributed by atoms with van der Waals surface area (Å²) in [5.74, 6) is 0.0836. The lowest BCUT2D eigenvalue weighted by Gasteiger charge is -2.32. The highest BCUT2D eigenvalue weighted by Gasteiger charge is 2.25. The van der Waals surface area contributed by atoms with Crippen molar-refractivity contribution in [2.75, 3.05) is 71.9 Å². The van der Waals surface area contributed by atoms with Gasteiger partial charge in [-0.1, -0.05) is 18.2 Å². The molecule has 3 N–H and O–H groups in total. The van der Waals surface area contributed by atoms with E-state index in [0.717, 1.165) is 94.7 Å². The number of hydrogen-bond donors (Lipinski definition) is 3. The van der Waals surface area contributed by atoms with Gasteiger partial charge in [-0.2, -0.15) is 0 Å². The fraction of sp³-hybridized carbons (Fsp3) is 0.406. The highest BCUT2D eigenvalue weighted by Crippen LogP contribution is 2.45. The number of nitrogens with one attached hydrogen (secondary N) is 3. The number of amides is 2. The summed E-state index contributed by atoms with van der Waals surface area (Å²) in [6.07, 6.45) is 1.30. The monoisotopic (exact) mass is 618 g/mol. The Hall–Kier alpha value is -3.19. The number of hydrogen-bond acceptors (Lipinski definition) is 9. The van der Waals surface area contributed by atoms with E-state index in [2.05, 4.69) is 52.2 Å². The molecule has 0 atom stereocenters. The van der Waals surface area contributed by atoms with Crippen LogP contribution < -0.4 is 16.0 Å². The number of rotatable bonds is 10. The zero-order chi connectivity index (χ0) is 29.8. The van der Waals surface area contributed by atoms with Crippen molar-refractivity contribution in [2.24, 2.45) is 0 Å². The molecule has 1 saturated heterocycles. The Kier molecular flexibility index (Phi) is 9.46. The summed E-state index contributed by atoms with van der Waals surface area (Å²) >= 11 is 3.31. The average Bonchev–Trinajstić information content (AvgIpc) is 3.61. The molecule has 6 rings (SSSR count). The molecule has 2 aliphatic rings. The summed E-state index contributed by atoms with van der Waals surface area (Å²) < 4.78 is 6.14. The van der Waals surface area contributed by atoms with E-state index in [1.807, 2.05) is 23.1 Å². The number of thiophene rings is 1. The van der Waals surface area contributed by atoms with Crippen LogP contribution in [0.1, 0.15) is 27.2 Å². The van der Waals surface area contributed by atoms with Crippen LogP contribution in [-0.2, 0) is 22.5 Å². The lowest BCUT2D eigenvalue weighted by molar-refractivity contribution is -0.116. The van der Waals surface area contributed by atoms with Gasteiger partial charge in [-0.15, -0.1) is 22.7 Å². The molecule has 43 heavy (non-hydrogen) atoms. The van der Waals surface area contributed by atoms with Crippen molar-refractivity contribution >= 4 is 49.7 Å². The standard InChI is InChI=1S/C32H38N6O3S2/c1-37-13-15-38(16-14-37)32(40)23-5-3-4-21(18-23)22-6-7-25-26(19-22)42-30(35-25)29-24-8-10-34-20-27(24)43-31(29)36-28(39)9-11-33-12-17-41-2/h3-7,18-19,33-34H,8-17,20H2,1-2H3,(H,36,39). The van der Waals surface area contributed by atoms with Crippen molar-refractivity contribution in [3.8, 4) is 21.7 Å². The molecule has 0 saturated carbocycles. The second-order valence-electron chi connectivity index (χ2n) is 11.1. The van der Waals surface area contributed by atoms with E-state index < -0.39 is 0 Å². The van der Waals surface area contributed by atoms with Crippen LogP contribution in [0.4, 0.5) is 5.00 Å². The lowest BCUT2D eigenvalue weighted by Crippen LogP contribution is -2.47. The number of piperazine rings is 1. The molecule has 2 aliphatic heterocycles. The van der Waals surface area contributed by atoms with Crippen LogP contribution in [0.5, 0.6) is 0 Å². The van der Waals surface area contributed by atoms with Crippen LogP contribution in [0.25, 0.3) is 31.9 Å². The van der Waals surface area contributed by atoms with Gasteiger partial charge in [0.25, 0.3) is 5.91 Å². The van der Waals surface area contributed by atoms with Gasteiger partial charge >= 0.3 is 0 Å². The summed E-state index contributed by atoms with van der Waals surface area (Å²) in [6.45, 7) is 6.97. The average molecular weight is 619 g/mol. The molecular weight excluding hydrogens is 581 g/mol. The van der Waals surface area contributed by atoms with Crippen molar-refractivity contribution in [1.29, 1.82) is 0 Å². The molecule has 4 heterocycles. The second kappa shape index (κ2) is 13.6. The summed E-state index contributed by atoms with van der Waals surface area (Å²) in [5.41, 5.74) is 6.07. The molecule has 4 aromatic rings. The van der Waals surface area contributed by atoms with Crippen molar-refractivity contribution < 1.29 is 14.3 Å². The fourth-order valence-corrected chi connectivity index (χ4v) is 7.96. The quantitative estimate of drug-likeness (QED) is 0.228. The Balaban J connectivity index is 1.24. The van der Waals surface area contributed by atoms with E-state index in [0.29, 0.717) is 19.6 Å². The molecule has 226 valence electrons. The van der Waals surface area contributed by atoms with Crippen LogP contribution >= 0.6 is 22.7 Å². The van der Waals surface area contributed by atoms with Gasteiger partial charge in [0, 0.05) is 75.3 Å². The number of carbonyl (C=O) groups is 2. The highest BCUT2D eigenvalue weighted by molar-refractivity contribution is 7.23. The Labute approximate surface area is 260 Å². The van der Waals surface area contributed by atoms with Gasteiger partial charge in [-0.25, -0.2) is 4.98 Å².